The van der Waals surface area contributed by atoms with Crippen molar-refractivity contribution in [2.24, 2.45) is 5.10 Å². The molecule has 0 radical (unpaired) electrons. The maximum Gasteiger partial charge on any atom is 0.312 e. The topological polar surface area (TPSA) is 129 Å². The van der Waals surface area contributed by atoms with E-state index in [4.69, 9.17) is 4.74 Å². The summed E-state index contributed by atoms with van der Waals surface area (Å²) in [6.45, 7) is 5.27. The number of ether oxygens (including phenoxy) is 1. The van der Waals surface area contributed by atoms with Gasteiger partial charge in [-0.05, 0) is 49.2 Å². The van der Waals surface area contributed by atoms with E-state index in [0.717, 1.165) is 5.56 Å². The lowest BCUT2D eigenvalue weighted by atomic mass is 10.1. The molecule has 0 aliphatic heterocycles. The smallest absolute Gasteiger partial charge is 0.312 e. The highest BCUT2D eigenvalue weighted by Crippen LogP contribution is 2.34. The van der Waals surface area contributed by atoms with Gasteiger partial charge in [-0.3, -0.25) is 19.7 Å². The molecular weight excluding hydrogens is 646 g/mol. The number of aromatic nitrogens is 2. The fraction of sp³-hybridized carbons (Fsp3) is 0.214. The van der Waals surface area contributed by atoms with Gasteiger partial charge >= 0.3 is 5.69 Å². The van der Waals surface area contributed by atoms with Crippen molar-refractivity contribution >= 4 is 66.3 Å². The molecule has 4 rings (SSSR count). The third-order valence-corrected chi connectivity index (χ3v) is 7.18. The van der Waals surface area contributed by atoms with Crippen LogP contribution in [0.2, 0.25) is 0 Å². The summed E-state index contributed by atoms with van der Waals surface area (Å²) in [5.74, 6) is -0.306. The monoisotopic (exact) mass is 669 g/mol. The number of nitro benzene ring substituents is 1. The number of nitrogens with one attached hydrogen (secondary N) is 1. The standard InChI is InChI=1S/C28H25Br2N5O5/c1-4-16(2)27-33-23-10-9-19(29)12-21(23)28(37)34(27)31-14-18-11-20(30)13-24(35(38)39)26(18)40-15-25(36)32-22-8-6-5-7-17(22)3/h5-14,16H,4,15H2,1-3H3,(H,32,36)/t16-/m1/s1. The molecule has 0 spiro atoms. The molecule has 0 saturated heterocycles. The molecule has 3 aromatic carbocycles. The lowest BCUT2D eigenvalue weighted by molar-refractivity contribution is -0.385. The van der Waals surface area contributed by atoms with Crippen LogP contribution in [0.25, 0.3) is 10.9 Å². The summed E-state index contributed by atoms with van der Waals surface area (Å²) < 4.78 is 8.00. The van der Waals surface area contributed by atoms with Gasteiger partial charge in [-0.25, -0.2) is 4.98 Å². The van der Waals surface area contributed by atoms with Crippen molar-refractivity contribution in [3.8, 4) is 5.75 Å². The van der Waals surface area contributed by atoms with Gasteiger partial charge in [0.25, 0.3) is 11.5 Å². The summed E-state index contributed by atoms with van der Waals surface area (Å²) in [7, 11) is 0. The highest BCUT2D eigenvalue weighted by atomic mass is 79.9. The van der Waals surface area contributed by atoms with Gasteiger partial charge in [0.15, 0.2) is 6.61 Å². The molecular formula is C28H25Br2N5O5. The quantitative estimate of drug-likeness (QED) is 0.122. The Morgan fingerprint density at radius 1 is 1.20 bits per heavy atom. The minimum absolute atomic E-state index is 0.101. The van der Waals surface area contributed by atoms with Crippen LogP contribution in [0.1, 0.15) is 43.1 Å². The van der Waals surface area contributed by atoms with Crippen molar-refractivity contribution in [1.82, 2.24) is 9.66 Å². The average molecular weight is 671 g/mol. The summed E-state index contributed by atoms with van der Waals surface area (Å²) >= 11 is 6.68. The van der Waals surface area contributed by atoms with Gasteiger partial charge in [-0.15, -0.1) is 0 Å². The van der Waals surface area contributed by atoms with Crippen LogP contribution in [0.3, 0.4) is 0 Å². The summed E-state index contributed by atoms with van der Waals surface area (Å²) in [6, 6.07) is 15.3. The predicted molar refractivity (Wildman–Crippen MR) is 162 cm³/mol. The number of carbonyl (C=O) groups is 1. The van der Waals surface area contributed by atoms with Gasteiger partial charge in [-0.2, -0.15) is 9.78 Å². The molecule has 0 bridgehead atoms. The van der Waals surface area contributed by atoms with Crippen LogP contribution in [0.5, 0.6) is 5.75 Å². The number of benzene rings is 3. The Labute approximate surface area is 246 Å². The van der Waals surface area contributed by atoms with E-state index < -0.39 is 17.4 Å². The average Bonchev–Trinajstić information content (AvgIpc) is 2.92. The molecule has 12 heteroatoms. The first-order valence-corrected chi connectivity index (χ1v) is 13.9. The van der Waals surface area contributed by atoms with Crippen LogP contribution in [0.4, 0.5) is 11.4 Å². The first-order valence-electron chi connectivity index (χ1n) is 12.3. The van der Waals surface area contributed by atoms with E-state index in [-0.39, 0.29) is 28.5 Å². The molecule has 10 nitrogen and oxygen atoms in total. The molecule has 40 heavy (non-hydrogen) atoms. The van der Waals surface area contributed by atoms with Gasteiger partial charge in [0.2, 0.25) is 5.75 Å². The maximum absolute atomic E-state index is 13.5. The molecule has 1 heterocycles. The van der Waals surface area contributed by atoms with Crippen molar-refractivity contribution in [3.05, 3.63) is 101 Å². The molecule has 1 atom stereocenters. The molecule has 0 fully saturated rings. The number of nitrogens with zero attached hydrogens (tertiary/aromatic N) is 4. The summed E-state index contributed by atoms with van der Waals surface area (Å²) in [4.78, 5) is 42.0. The van der Waals surface area contributed by atoms with Crippen molar-refractivity contribution < 1.29 is 14.5 Å². The number of carbonyl (C=O) groups excluding carboxylic acids is 1. The second kappa shape index (κ2) is 12.5. The van der Waals surface area contributed by atoms with Crippen LogP contribution in [-0.4, -0.2) is 33.3 Å². The second-order valence-corrected chi connectivity index (χ2v) is 10.9. The fourth-order valence-electron chi connectivity index (χ4n) is 3.92. The van der Waals surface area contributed by atoms with E-state index in [1.165, 1.54) is 17.0 Å². The number of fused-ring (bicyclic) bond motifs is 1. The van der Waals surface area contributed by atoms with Gasteiger partial charge in [-0.1, -0.05) is 63.9 Å². The van der Waals surface area contributed by atoms with Crippen LogP contribution >= 0.6 is 31.9 Å². The zero-order valence-electron chi connectivity index (χ0n) is 21.9. The predicted octanol–water partition coefficient (Wildman–Crippen LogP) is 6.55. The molecule has 1 aromatic heterocycles. The Bertz CT molecular complexity index is 1700. The number of hydrogen-bond acceptors (Lipinski definition) is 7. The first-order chi connectivity index (χ1) is 19.1. The zero-order chi connectivity index (χ0) is 29.0. The Hall–Kier alpha value is -3.90. The molecule has 1 amide bonds. The van der Waals surface area contributed by atoms with Crippen molar-refractivity contribution in [2.75, 3.05) is 11.9 Å². The number of para-hydroxylation sites is 1. The molecule has 0 unspecified atom stereocenters. The zero-order valence-corrected chi connectivity index (χ0v) is 25.0. The highest BCUT2D eigenvalue weighted by molar-refractivity contribution is 9.10. The lowest BCUT2D eigenvalue weighted by Crippen LogP contribution is -2.24. The Morgan fingerprint density at radius 3 is 2.65 bits per heavy atom. The third kappa shape index (κ3) is 6.45. The fourth-order valence-corrected chi connectivity index (χ4v) is 4.75. The number of aryl methyl sites for hydroxylation is 1. The number of halogens is 2. The number of rotatable bonds is 9. The Balaban J connectivity index is 1.75. The Morgan fingerprint density at radius 2 is 1.95 bits per heavy atom. The van der Waals surface area contributed by atoms with E-state index in [1.54, 1.807) is 30.3 Å². The van der Waals surface area contributed by atoms with Gasteiger partial charge in [0, 0.05) is 32.2 Å². The van der Waals surface area contributed by atoms with Crippen molar-refractivity contribution in [1.29, 1.82) is 0 Å². The van der Waals surface area contributed by atoms with Crippen molar-refractivity contribution in [2.45, 2.75) is 33.1 Å². The van der Waals surface area contributed by atoms with Crippen molar-refractivity contribution in [3.63, 3.8) is 0 Å². The molecule has 206 valence electrons. The summed E-state index contributed by atoms with van der Waals surface area (Å²) in [5, 5.41) is 19.4. The molecule has 1 N–H and O–H groups in total. The van der Waals surface area contributed by atoms with E-state index in [1.807, 2.05) is 39.0 Å². The molecule has 4 aromatic rings. The minimum atomic E-state index is -0.609. The van der Waals surface area contributed by atoms with Crippen LogP contribution in [-0.2, 0) is 4.79 Å². The van der Waals surface area contributed by atoms with E-state index in [0.29, 0.717) is 37.8 Å². The van der Waals surface area contributed by atoms with Gasteiger partial charge in [0.1, 0.15) is 5.82 Å². The minimum Gasteiger partial charge on any atom is -0.476 e. The van der Waals surface area contributed by atoms with Crippen LogP contribution in [0, 0.1) is 17.0 Å². The van der Waals surface area contributed by atoms with Crippen LogP contribution < -0.4 is 15.6 Å². The second-order valence-electron chi connectivity index (χ2n) is 9.05. The number of amides is 1. The summed E-state index contributed by atoms with van der Waals surface area (Å²) in [5.41, 5.74) is 1.45. The van der Waals surface area contributed by atoms with E-state index >= 15 is 0 Å². The SMILES string of the molecule is CC[C@@H](C)c1nc2ccc(Br)cc2c(=O)n1N=Cc1cc(Br)cc([N+](=O)[O-])c1OCC(=O)Nc1ccccc1C. The highest BCUT2D eigenvalue weighted by Gasteiger charge is 2.22. The van der Waals surface area contributed by atoms with Gasteiger partial charge in [0.05, 0.1) is 22.0 Å². The molecule has 0 aliphatic rings. The first kappa shape index (κ1) is 29.1. The van der Waals surface area contributed by atoms with Crippen LogP contribution in [0.15, 0.2) is 73.4 Å². The Kier molecular flexibility index (Phi) is 9.10. The normalized spacial score (nSPS) is 12.0. The maximum atomic E-state index is 13.5. The third-order valence-electron chi connectivity index (χ3n) is 6.23. The van der Waals surface area contributed by atoms with E-state index in [2.05, 4.69) is 47.3 Å². The lowest BCUT2D eigenvalue weighted by Gasteiger charge is -2.14. The van der Waals surface area contributed by atoms with E-state index in [9.17, 15) is 19.7 Å². The molecule has 0 aliphatic carbocycles. The summed E-state index contributed by atoms with van der Waals surface area (Å²) in [6.07, 6.45) is 2.00. The molecule has 0 saturated carbocycles. The number of hydrogen-bond donors (Lipinski definition) is 1. The number of nitro groups is 1. The number of anilines is 1. The largest absolute Gasteiger partial charge is 0.476 e. The van der Waals surface area contributed by atoms with Gasteiger partial charge < -0.3 is 10.1 Å².